The van der Waals surface area contributed by atoms with Crippen LogP contribution in [-0.4, -0.2) is 14.2 Å². The monoisotopic (exact) mass is 160 g/mol. The summed E-state index contributed by atoms with van der Waals surface area (Å²) >= 11 is 5.77. The van der Waals surface area contributed by atoms with Crippen LogP contribution in [0.1, 0.15) is 6.92 Å². The lowest BCUT2D eigenvalue weighted by Crippen LogP contribution is -2.09. The van der Waals surface area contributed by atoms with Gasteiger partial charge in [-0.1, -0.05) is 0 Å². The van der Waals surface area contributed by atoms with Gasteiger partial charge in [0.2, 0.25) is 0 Å². The van der Waals surface area contributed by atoms with Gasteiger partial charge in [-0.15, -0.1) is 36.2 Å². The first kappa shape index (κ1) is 8.99. The minimum Gasteiger partial charge on any atom is -0.124 e. The number of hydrogen-bond acceptors (Lipinski definition) is 0. The summed E-state index contributed by atoms with van der Waals surface area (Å²) in [6, 6.07) is 1.08. The summed E-state index contributed by atoms with van der Waals surface area (Å²) in [6.45, 7) is 9.44. The molecular formula is C7H13ClSi. The molecule has 0 amide bonds. The SMILES string of the molecule is C=C[SiH](C=C)CC(C)Cl. The molecule has 0 spiro atoms. The molecule has 1 atom stereocenters. The summed E-state index contributed by atoms with van der Waals surface area (Å²) < 4.78 is 0. The minimum atomic E-state index is -0.854. The van der Waals surface area contributed by atoms with E-state index in [1.165, 1.54) is 0 Å². The molecular weight excluding hydrogens is 148 g/mol. The fourth-order valence-corrected chi connectivity index (χ4v) is 2.61. The number of rotatable bonds is 4. The summed E-state index contributed by atoms with van der Waals surface area (Å²) in [6.07, 6.45) is 0. The third-order valence-electron chi connectivity index (χ3n) is 1.20. The van der Waals surface area contributed by atoms with Crippen LogP contribution in [0.15, 0.2) is 24.6 Å². The molecule has 0 aliphatic rings. The van der Waals surface area contributed by atoms with Gasteiger partial charge < -0.3 is 0 Å². The first-order valence-electron chi connectivity index (χ1n) is 3.10. The number of halogens is 1. The van der Waals surface area contributed by atoms with Crippen molar-refractivity contribution in [1.29, 1.82) is 0 Å². The van der Waals surface area contributed by atoms with Gasteiger partial charge in [-0.2, -0.15) is 0 Å². The Morgan fingerprint density at radius 3 is 2.11 bits per heavy atom. The topological polar surface area (TPSA) is 0 Å². The van der Waals surface area contributed by atoms with Crippen molar-refractivity contribution in [3.63, 3.8) is 0 Å². The molecule has 0 bridgehead atoms. The van der Waals surface area contributed by atoms with Crippen molar-refractivity contribution in [2.24, 2.45) is 0 Å². The first-order valence-corrected chi connectivity index (χ1v) is 5.68. The Morgan fingerprint density at radius 1 is 1.56 bits per heavy atom. The van der Waals surface area contributed by atoms with Gasteiger partial charge in [0.05, 0.1) is 8.80 Å². The van der Waals surface area contributed by atoms with Crippen LogP contribution in [0.2, 0.25) is 6.04 Å². The van der Waals surface area contributed by atoms with Crippen molar-refractivity contribution in [2.75, 3.05) is 0 Å². The Morgan fingerprint density at radius 2 is 2.00 bits per heavy atom. The zero-order valence-corrected chi connectivity index (χ0v) is 7.72. The summed E-state index contributed by atoms with van der Waals surface area (Å²) in [5, 5.41) is 0.276. The Hall–Kier alpha value is -0.0131. The lowest BCUT2D eigenvalue weighted by Gasteiger charge is -2.04. The molecule has 0 aliphatic heterocycles. The highest BCUT2D eigenvalue weighted by atomic mass is 35.5. The van der Waals surface area contributed by atoms with Crippen molar-refractivity contribution >= 4 is 20.4 Å². The average Bonchev–Trinajstić information content (AvgIpc) is 1.82. The molecule has 1 unspecified atom stereocenters. The Balaban J connectivity index is 3.55. The molecule has 0 fully saturated rings. The van der Waals surface area contributed by atoms with Gasteiger partial charge in [0, 0.05) is 5.38 Å². The van der Waals surface area contributed by atoms with Crippen LogP contribution < -0.4 is 0 Å². The molecule has 0 radical (unpaired) electrons. The van der Waals surface area contributed by atoms with E-state index in [1.54, 1.807) is 0 Å². The molecule has 0 saturated carbocycles. The molecule has 0 rings (SSSR count). The highest BCUT2D eigenvalue weighted by Crippen LogP contribution is 2.05. The average molecular weight is 161 g/mol. The summed E-state index contributed by atoms with van der Waals surface area (Å²) in [7, 11) is -0.854. The van der Waals surface area contributed by atoms with E-state index in [4.69, 9.17) is 11.6 Å². The molecule has 0 saturated heterocycles. The summed E-state index contributed by atoms with van der Waals surface area (Å²) in [5.74, 6) is 0. The van der Waals surface area contributed by atoms with Crippen molar-refractivity contribution in [2.45, 2.75) is 18.3 Å². The van der Waals surface area contributed by atoms with Gasteiger partial charge in [0.25, 0.3) is 0 Å². The van der Waals surface area contributed by atoms with E-state index in [-0.39, 0.29) is 5.38 Å². The standard InChI is InChI=1S/C7H13ClSi/c1-4-9(5-2)6-7(3)8/h4-5,7,9H,1-2,6H2,3H3. The molecule has 0 N–H and O–H groups in total. The largest absolute Gasteiger partial charge is 0.124 e. The van der Waals surface area contributed by atoms with E-state index in [9.17, 15) is 0 Å². The molecule has 0 aromatic heterocycles. The molecule has 0 aliphatic carbocycles. The van der Waals surface area contributed by atoms with Gasteiger partial charge in [-0.25, -0.2) is 0 Å². The van der Waals surface area contributed by atoms with E-state index in [0.29, 0.717) is 0 Å². The predicted molar refractivity (Wildman–Crippen MR) is 47.7 cm³/mol. The molecule has 0 nitrogen and oxygen atoms in total. The lowest BCUT2D eigenvalue weighted by molar-refractivity contribution is 1.08. The quantitative estimate of drug-likeness (QED) is 0.438. The van der Waals surface area contributed by atoms with Crippen LogP contribution in [0.4, 0.5) is 0 Å². The maximum Gasteiger partial charge on any atom is 0.0852 e. The van der Waals surface area contributed by atoms with E-state index in [1.807, 2.05) is 18.3 Å². The van der Waals surface area contributed by atoms with Crippen LogP contribution in [0, 0.1) is 0 Å². The van der Waals surface area contributed by atoms with E-state index >= 15 is 0 Å². The molecule has 0 aromatic rings. The molecule has 0 heterocycles. The second-order valence-electron chi connectivity index (χ2n) is 2.15. The van der Waals surface area contributed by atoms with Crippen molar-refractivity contribution in [3.8, 4) is 0 Å². The van der Waals surface area contributed by atoms with Crippen molar-refractivity contribution in [3.05, 3.63) is 24.6 Å². The Labute approximate surface area is 63.8 Å². The van der Waals surface area contributed by atoms with Gasteiger partial charge in [-0.05, 0) is 13.0 Å². The highest BCUT2D eigenvalue weighted by molar-refractivity contribution is 6.69. The Bertz CT molecular complexity index is 91.1. The van der Waals surface area contributed by atoms with Crippen molar-refractivity contribution in [1.82, 2.24) is 0 Å². The second-order valence-corrected chi connectivity index (χ2v) is 5.64. The van der Waals surface area contributed by atoms with E-state index < -0.39 is 8.80 Å². The van der Waals surface area contributed by atoms with Crippen LogP contribution in [0.3, 0.4) is 0 Å². The lowest BCUT2D eigenvalue weighted by atomic mass is 10.6. The molecule has 0 aromatic carbocycles. The van der Waals surface area contributed by atoms with Crippen LogP contribution in [0.5, 0.6) is 0 Å². The van der Waals surface area contributed by atoms with Crippen LogP contribution in [0.25, 0.3) is 0 Å². The summed E-state index contributed by atoms with van der Waals surface area (Å²) in [5.41, 5.74) is 4.01. The van der Waals surface area contributed by atoms with Crippen LogP contribution in [-0.2, 0) is 0 Å². The van der Waals surface area contributed by atoms with Gasteiger partial charge in [0.1, 0.15) is 0 Å². The fourth-order valence-electron chi connectivity index (χ4n) is 0.664. The fraction of sp³-hybridized carbons (Fsp3) is 0.429. The number of alkyl halides is 1. The Kier molecular flexibility index (Phi) is 4.82. The highest BCUT2D eigenvalue weighted by Gasteiger charge is 2.03. The van der Waals surface area contributed by atoms with Gasteiger partial charge in [-0.3, -0.25) is 0 Å². The zero-order chi connectivity index (χ0) is 7.28. The van der Waals surface area contributed by atoms with Gasteiger partial charge in [0.15, 0.2) is 0 Å². The third kappa shape index (κ3) is 4.49. The third-order valence-corrected chi connectivity index (χ3v) is 4.14. The van der Waals surface area contributed by atoms with Crippen LogP contribution >= 0.6 is 11.6 Å². The van der Waals surface area contributed by atoms with Crippen molar-refractivity contribution < 1.29 is 0 Å². The summed E-state index contributed by atoms with van der Waals surface area (Å²) in [4.78, 5) is 0. The smallest absolute Gasteiger partial charge is 0.0852 e. The predicted octanol–water partition coefficient (Wildman–Crippen LogP) is 2.29. The second kappa shape index (κ2) is 4.83. The maximum atomic E-state index is 5.77. The first-order chi connectivity index (χ1) is 4.20. The molecule has 9 heavy (non-hydrogen) atoms. The van der Waals surface area contributed by atoms with E-state index in [0.717, 1.165) is 6.04 Å². The maximum absolute atomic E-state index is 5.77. The van der Waals surface area contributed by atoms with E-state index in [2.05, 4.69) is 13.2 Å². The normalized spacial score (nSPS) is 13.2. The molecule has 2 heteroatoms. The number of hydrogen-bond donors (Lipinski definition) is 0. The minimum absolute atomic E-state index is 0.276. The van der Waals surface area contributed by atoms with Gasteiger partial charge >= 0.3 is 0 Å². The zero-order valence-electron chi connectivity index (χ0n) is 5.81. The molecule has 52 valence electrons.